The molecule has 0 bridgehead atoms. The predicted molar refractivity (Wildman–Crippen MR) is 89.3 cm³/mol. The number of para-hydroxylation sites is 2. The Morgan fingerprint density at radius 1 is 0.565 bits per heavy atom. The standard InChI is InChI=1S/C18H15BO4/c20-19(21)14-11-17(22-15-7-3-1-4-8-15)13-18(12-14)23-16-9-5-2-6-10-16/h1-13,20-21H. The highest BCUT2D eigenvalue weighted by atomic mass is 16.5. The molecular weight excluding hydrogens is 291 g/mol. The largest absolute Gasteiger partial charge is 0.488 e. The topological polar surface area (TPSA) is 58.9 Å². The fourth-order valence-electron chi connectivity index (χ4n) is 2.11. The first-order valence-electron chi connectivity index (χ1n) is 7.17. The smallest absolute Gasteiger partial charge is 0.457 e. The van der Waals surface area contributed by atoms with Crippen molar-refractivity contribution in [2.45, 2.75) is 0 Å². The number of benzene rings is 3. The average molecular weight is 306 g/mol. The molecule has 23 heavy (non-hydrogen) atoms. The Bertz CT molecular complexity index is 701. The van der Waals surface area contributed by atoms with Gasteiger partial charge in [-0.15, -0.1) is 0 Å². The van der Waals surface area contributed by atoms with Gasteiger partial charge in [0.1, 0.15) is 23.0 Å². The van der Waals surface area contributed by atoms with Gasteiger partial charge in [-0.2, -0.15) is 0 Å². The van der Waals surface area contributed by atoms with Crippen LogP contribution < -0.4 is 14.9 Å². The summed E-state index contributed by atoms with van der Waals surface area (Å²) in [7, 11) is -1.60. The normalized spacial score (nSPS) is 10.2. The molecule has 3 aromatic carbocycles. The summed E-state index contributed by atoms with van der Waals surface area (Å²) in [6.07, 6.45) is 0. The van der Waals surface area contributed by atoms with Gasteiger partial charge in [0.2, 0.25) is 0 Å². The monoisotopic (exact) mass is 306 g/mol. The SMILES string of the molecule is OB(O)c1cc(Oc2ccccc2)cc(Oc2ccccc2)c1. The number of rotatable bonds is 5. The molecule has 0 aliphatic rings. The molecule has 0 radical (unpaired) electrons. The second-order valence-electron chi connectivity index (χ2n) is 4.94. The molecule has 0 saturated carbocycles. The molecule has 0 unspecified atom stereocenters. The zero-order valence-corrected chi connectivity index (χ0v) is 12.3. The van der Waals surface area contributed by atoms with Gasteiger partial charge in [-0.3, -0.25) is 0 Å². The van der Waals surface area contributed by atoms with Crippen LogP contribution in [0.2, 0.25) is 0 Å². The van der Waals surface area contributed by atoms with Crippen LogP contribution in [0.3, 0.4) is 0 Å². The highest BCUT2D eigenvalue weighted by molar-refractivity contribution is 6.58. The quantitative estimate of drug-likeness (QED) is 0.712. The maximum absolute atomic E-state index is 9.45. The number of hydrogen-bond acceptors (Lipinski definition) is 4. The first-order chi connectivity index (χ1) is 11.2. The van der Waals surface area contributed by atoms with Crippen molar-refractivity contribution >= 4 is 12.6 Å². The van der Waals surface area contributed by atoms with Crippen molar-refractivity contribution in [3.05, 3.63) is 78.9 Å². The predicted octanol–water partition coefficient (Wildman–Crippen LogP) is 2.95. The van der Waals surface area contributed by atoms with Crippen molar-refractivity contribution < 1.29 is 19.5 Å². The highest BCUT2D eigenvalue weighted by Crippen LogP contribution is 2.27. The summed E-state index contributed by atoms with van der Waals surface area (Å²) in [5, 5.41) is 18.9. The first kappa shape index (κ1) is 15.2. The van der Waals surface area contributed by atoms with Gasteiger partial charge in [0.15, 0.2) is 0 Å². The Labute approximate surface area is 134 Å². The van der Waals surface area contributed by atoms with Crippen molar-refractivity contribution in [3.63, 3.8) is 0 Å². The van der Waals surface area contributed by atoms with E-state index in [1.54, 1.807) is 18.2 Å². The van der Waals surface area contributed by atoms with Gasteiger partial charge in [0.05, 0.1) is 0 Å². The molecule has 0 heterocycles. The number of ether oxygens (including phenoxy) is 2. The van der Waals surface area contributed by atoms with Crippen LogP contribution in [0.4, 0.5) is 0 Å². The molecule has 2 N–H and O–H groups in total. The van der Waals surface area contributed by atoms with E-state index in [-0.39, 0.29) is 0 Å². The molecule has 4 nitrogen and oxygen atoms in total. The van der Waals surface area contributed by atoms with E-state index in [9.17, 15) is 10.0 Å². The van der Waals surface area contributed by atoms with Crippen LogP contribution in [0.1, 0.15) is 0 Å². The van der Waals surface area contributed by atoms with Crippen LogP contribution in [0, 0.1) is 0 Å². The van der Waals surface area contributed by atoms with Crippen molar-refractivity contribution in [1.82, 2.24) is 0 Å². The van der Waals surface area contributed by atoms with Gasteiger partial charge < -0.3 is 19.5 Å². The van der Waals surface area contributed by atoms with Gasteiger partial charge in [0.25, 0.3) is 0 Å². The third-order valence-electron chi connectivity index (χ3n) is 3.16. The van der Waals surface area contributed by atoms with Crippen LogP contribution >= 0.6 is 0 Å². The third kappa shape index (κ3) is 4.13. The van der Waals surface area contributed by atoms with E-state index in [1.165, 1.54) is 0 Å². The van der Waals surface area contributed by atoms with Crippen LogP contribution in [0.15, 0.2) is 78.9 Å². The lowest BCUT2D eigenvalue weighted by Crippen LogP contribution is -2.29. The van der Waals surface area contributed by atoms with Crippen molar-refractivity contribution in [1.29, 1.82) is 0 Å². The van der Waals surface area contributed by atoms with Gasteiger partial charge >= 0.3 is 7.12 Å². The molecule has 0 fully saturated rings. The minimum Gasteiger partial charge on any atom is -0.457 e. The Morgan fingerprint density at radius 2 is 1.00 bits per heavy atom. The summed E-state index contributed by atoms with van der Waals surface area (Å²) in [5.41, 5.74) is 0.296. The minimum absolute atomic E-state index is 0.296. The number of hydrogen-bond donors (Lipinski definition) is 2. The Balaban J connectivity index is 1.90. The lowest BCUT2D eigenvalue weighted by Gasteiger charge is -2.12. The van der Waals surface area contributed by atoms with Crippen molar-refractivity contribution in [3.8, 4) is 23.0 Å². The molecule has 114 valence electrons. The summed E-state index contributed by atoms with van der Waals surface area (Å²) >= 11 is 0. The van der Waals surface area contributed by atoms with Gasteiger partial charge in [-0.25, -0.2) is 0 Å². The van der Waals surface area contributed by atoms with Gasteiger partial charge in [-0.05, 0) is 41.9 Å². The van der Waals surface area contributed by atoms with E-state index >= 15 is 0 Å². The lowest BCUT2D eigenvalue weighted by molar-refractivity contribution is 0.423. The first-order valence-corrected chi connectivity index (χ1v) is 7.17. The molecule has 0 aliphatic heterocycles. The average Bonchev–Trinajstić information content (AvgIpc) is 2.56. The summed E-state index contributed by atoms with van der Waals surface area (Å²) < 4.78 is 11.5. The Hall–Kier alpha value is -2.76. The molecule has 0 spiro atoms. The van der Waals surface area contributed by atoms with E-state index in [2.05, 4.69) is 0 Å². The van der Waals surface area contributed by atoms with E-state index < -0.39 is 7.12 Å². The fourth-order valence-corrected chi connectivity index (χ4v) is 2.11. The summed E-state index contributed by atoms with van der Waals surface area (Å²) in [4.78, 5) is 0. The molecule has 0 amide bonds. The van der Waals surface area contributed by atoms with Crippen molar-refractivity contribution in [2.24, 2.45) is 0 Å². The molecule has 0 atom stereocenters. The second-order valence-corrected chi connectivity index (χ2v) is 4.94. The van der Waals surface area contributed by atoms with Crippen LogP contribution in [0.25, 0.3) is 0 Å². The van der Waals surface area contributed by atoms with Crippen molar-refractivity contribution in [2.75, 3.05) is 0 Å². The molecule has 5 heteroatoms. The second kappa shape index (κ2) is 7.00. The van der Waals surface area contributed by atoms with E-state index in [1.807, 2.05) is 60.7 Å². The van der Waals surface area contributed by atoms with Crippen LogP contribution in [0.5, 0.6) is 23.0 Å². The molecule has 3 rings (SSSR count). The van der Waals surface area contributed by atoms with E-state index in [4.69, 9.17) is 9.47 Å². The van der Waals surface area contributed by atoms with E-state index in [0.29, 0.717) is 28.5 Å². The molecule has 0 aromatic heterocycles. The lowest BCUT2D eigenvalue weighted by atomic mass is 9.80. The fraction of sp³-hybridized carbons (Fsp3) is 0. The highest BCUT2D eigenvalue weighted by Gasteiger charge is 2.15. The van der Waals surface area contributed by atoms with Crippen LogP contribution in [-0.4, -0.2) is 17.2 Å². The molecular formula is C18H15BO4. The van der Waals surface area contributed by atoms with Gasteiger partial charge in [0, 0.05) is 6.07 Å². The van der Waals surface area contributed by atoms with E-state index in [0.717, 1.165) is 0 Å². The maximum Gasteiger partial charge on any atom is 0.488 e. The summed E-state index contributed by atoms with van der Waals surface area (Å²) in [6, 6.07) is 23.3. The zero-order valence-electron chi connectivity index (χ0n) is 12.3. The van der Waals surface area contributed by atoms with Gasteiger partial charge in [-0.1, -0.05) is 36.4 Å². The minimum atomic E-state index is -1.60. The zero-order chi connectivity index (χ0) is 16.1. The molecule has 0 saturated heterocycles. The maximum atomic E-state index is 9.45. The molecule has 0 aliphatic carbocycles. The molecule has 3 aromatic rings. The Kier molecular flexibility index (Phi) is 4.61. The van der Waals surface area contributed by atoms with Crippen LogP contribution in [-0.2, 0) is 0 Å². The Morgan fingerprint density at radius 3 is 1.39 bits per heavy atom. The summed E-state index contributed by atoms with van der Waals surface area (Å²) in [5.74, 6) is 2.24. The summed E-state index contributed by atoms with van der Waals surface area (Å²) in [6.45, 7) is 0. The third-order valence-corrected chi connectivity index (χ3v) is 3.16.